The van der Waals surface area contributed by atoms with Crippen LogP contribution in [0.2, 0.25) is 0 Å². The fourth-order valence-corrected chi connectivity index (χ4v) is 2.62. The molecule has 5 heteroatoms. The minimum absolute atomic E-state index is 0.171. The van der Waals surface area contributed by atoms with Gasteiger partial charge in [0.1, 0.15) is 5.03 Å². The highest BCUT2D eigenvalue weighted by Gasteiger charge is 2.37. The third kappa shape index (κ3) is 1.87. The van der Waals surface area contributed by atoms with Crippen LogP contribution in [0.25, 0.3) is 0 Å². The Labute approximate surface area is 85.8 Å². The first-order valence-corrected chi connectivity index (χ1v) is 5.31. The molecular weight excluding hydrogens is 200 g/mol. The van der Waals surface area contributed by atoms with Gasteiger partial charge in [0.2, 0.25) is 0 Å². The molecule has 14 heavy (non-hydrogen) atoms. The fourth-order valence-electron chi connectivity index (χ4n) is 1.39. The summed E-state index contributed by atoms with van der Waals surface area (Å²) in [6.45, 7) is 0. The molecule has 4 nitrogen and oxygen atoms in total. The Bertz CT molecular complexity index is 331. The average Bonchev–Trinajstić information content (AvgIpc) is 2.13. The maximum Gasteiger partial charge on any atom is 0.307 e. The molecule has 0 saturated heterocycles. The lowest BCUT2D eigenvalue weighted by atomic mass is 9.85. The Hall–Kier alpha value is -1.10. The lowest BCUT2D eigenvalue weighted by Gasteiger charge is -2.32. The van der Waals surface area contributed by atoms with Crippen molar-refractivity contribution in [2.45, 2.75) is 23.1 Å². The lowest BCUT2D eigenvalue weighted by Crippen LogP contribution is -2.35. The highest BCUT2D eigenvalue weighted by Crippen LogP contribution is 2.40. The molecule has 1 aromatic heterocycles. The number of thioether (sulfide) groups is 1. The Morgan fingerprint density at radius 1 is 1.50 bits per heavy atom. The summed E-state index contributed by atoms with van der Waals surface area (Å²) in [5.74, 6) is -0.903. The van der Waals surface area contributed by atoms with Gasteiger partial charge in [0.15, 0.2) is 0 Å². The number of aliphatic carboxylic acids is 1. The Morgan fingerprint density at radius 3 is 2.86 bits per heavy atom. The van der Waals surface area contributed by atoms with E-state index < -0.39 is 5.97 Å². The maximum absolute atomic E-state index is 10.7. The van der Waals surface area contributed by atoms with Crippen LogP contribution >= 0.6 is 11.8 Å². The molecule has 1 fully saturated rings. The number of hydrogen-bond donors (Lipinski definition) is 1. The Kier molecular flexibility index (Phi) is 2.67. The van der Waals surface area contributed by atoms with E-state index in [0.29, 0.717) is 0 Å². The number of rotatable bonds is 3. The molecule has 1 heterocycles. The van der Waals surface area contributed by atoms with E-state index in [-0.39, 0.29) is 11.2 Å². The minimum Gasteiger partial charge on any atom is -0.481 e. The zero-order valence-electron chi connectivity index (χ0n) is 7.46. The average molecular weight is 210 g/mol. The zero-order valence-corrected chi connectivity index (χ0v) is 8.28. The van der Waals surface area contributed by atoms with Crippen LogP contribution in [-0.4, -0.2) is 26.3 Å². The summed E-state index contributed by atoms with van der Waals surface area (Å²) in [5, 5.41) is 9.81. The molecule has 74 valence electrons. The van der Waals surface area contributed by atoms with Crippen molar-refractivity contribution in [2.24, 2.45) is 5.92 Å². The number of aromatic nitrogens is 2. The monoisotopic (exact) mass is 210 g/mol. The van der Waals surface area contributed by atoms with Crippen molar-refractivity contribution >= 4 is 17.7 Å². The number of hydrogen-bond acceptors (Lipinski definition) is 4. The summed E-state index contributed by atoms with van der Waals surface area (Å²) in [4.78, 5) is 18.8. The van der Waals surface area contributed by atoms with Gasteiger partial charge in [0.25, 0.3) is 0 Å². The van der Waals surface area contributed by atoms with Crippen molar-refractivity contribution in [3.63, 3.8) is 0 Å². The van der Waals surface area contributed by atoms with Crippen molar-refractivity contribution in [1.82, 2.24) is 9.97 Å². The second-order valence-electron chi connectivity index (χ2n) is 3.22. The van der Waals surface area contributed by atoms with Gasteiger partial charge in [-0.1, -0.05) is 0 Å². The van der Waals surface area contributed by atoms with Crippen LogP contribution < -0.4 is 0 Å². The topological polar surface area (TPSA) is 63.1 Å². The van der Waals surface area contributed by atoms with Gasteiger partial charge >= 0.3 is 5.97 Å². The van der Waals surface area contributed by atoms with E-state index in [1.165, 1.54) is 11.8 Å². The van der Waals surface area contributed by atoms with Gasteiger partial charge in [-0.25, -0.2) is 4.98 Å². The van der Waals surface area contributed by atoms with Gasteiger partial charge in [0.05, 0.1) is 12.1 Å². The summed E-state index contributed by atoms with van der Waals surface area (Å²) in [5.41, 5.74) is 0. The van der Waals surface area contributed by atoms with E-state index in [9.17, 15) is 4.79 Å². The highest BCUT2D eigenvalue weighted by atomic mass is 32.2. The molecule has 2 unspecified atom stereocenters. The summed E-state index contributed by atoms with van der Waals surface area (Å²) in [6.07, 6.45) is 6.64. The standard InChI is InChI=1S/C9H10N2O2S/c12-9(13)6-1-2-7(6)14-8-5-10-3-4-11-8/h3-7H,1-2H2,(H,12,13). The lowest BCUT2D eigenvalue weighted by molar-refractivity contribution is -0.144. The van der Waals surface area contributed by atoms with Crippen LogP contribution in [0.15, 0.2) is 23.6 Å². The maximum atomic E-state index is 10.7. The predicted octanol–water partition coefficient (Wildman–Crippen LogP) is 1.43. The smallest absolute Gasteiger partial charge is 0.307 e. The van der Waals surface area contributed by atoms with E-state index in [1.807, 2.05) is 0 Å². The van der Waals surface area contributed by atoms with Crippen molar-refractivity contribution in [2.75, 3.05) is 0 Å². The van der Waals surface area contributed by atoms with Crippen LogP contribution in [0.1, 0.15) is 12.8 Å². The van der Waals surface area contributed by atoms with Crippen LogP contribution in [0.5, 0.6) is 0 Å². The molecule has 2 rings (SSSR count). The van der Waals surface area contributed by atoms with E-state index in [1.54, 1.807) is 18.6 Å². The zero-order chi connectivity index (χ0) is 9.97. The van der Waals surface area contributed by atoms with Crippen LogP contribution in [0.3, 0.4) is 0 Å². The third-order valence-corrected chi connectivity index (χ3v) is 3.66. The van der Waals surface area contributed by atoms with Crippen molar-refractivity contribution in [3.05, 3.63) is 18.6 Å². The molecule has 0 bridgehead atoms. The summed E-state index contributed by atoms with van der Waals surface area (Å²) >= 11 is 1.51. The number of carboxylic acids is 1. The summed E-state index contributed by atoms with van der Waals surface area (Å²) < 4.78 is 0. The van der Waals surface area contributed by atoms with Crippen molar-refractivity contribution in [1.29, 1.82) is 0 Å². The normalized spacial score (nSPS) is 25.4. The van der Waals surface area contributed by atoms with Crippen LogP contribution in [0, 0.1) is 5.92 Å². The first kappa shape index (κ1) is 9.45. The highest BCUT2D eigenvalue weighted by molar-refractivity contribution is 8.00. The van der Waals surface area contributed by atoms with Gasteiger partial charge < -0.3 is 5.11 Å². The van der Waals surface area contributed by atoms with E-state index in [0.717, 1.165) is 17.9 Å². The quantitative estimate of drug-likeness (QED) is 0.817. The van der Waals surface area contributed by atoms with Gasteiger partial charge in [-0.3, -0.25) is 9.78 Å². The molecule has 2 atom stereocenters. The largest absolute Gasteiger partial charge is 0.481 e. The molecule has 1 aromatic rings. The van der Waals surface area contributed by atoms with Crippen molar-refractivity contribution < 1.29 is 9.90 Å². The van der Waals surface area contributed by atoms with E-state index >= 15 is 0 Å². The van der Waals surface area contributed by atoms with Gasteiger partial charge in [0, 0.05) is 17.6 Å². The van der Waals surface area contributed by atoms with E-state index in [4.69, 9.17) is 5.11 Å². The molecule has 0 spiro atoms. The van der Waals surface area contributed by atoms with Gasteiger partial charge in [-0.15, -0.1) is 11.8 Å². The number of nitrogens with zero attached hydrogens (tertiary/aromatic N) is 2. The number of carbonyl (C=O) groups is 1. The SMILES string of the molecule is O=C(O)C1CCC1Sc1cnccn1. The van der Waals surface area contributed by atoms with Crippen molar-refractivity contribution in [3.8, 4) is 0 Å². The molecule has 0 aliphatic heterocycles. The molecule has 1 aliphatic rings. The fraction of sp³-hybridized carbons (Fsp3) is 0.444. The number of carboxylic acid groups (broad SMARTS) is 1. The Morgan fingerprint density at radius 2 is 2.36 bits per heavy atom. The second-order valence-corrected chi connectivity index (χ2v) is 4.48. The van der Waals surface area contributed by atoms with Crippen LogP contribution in [0.4, 0.5) is 0 Å². The van der Waals surface area contributed by atoms with Gasteiger partial charge in [-0.05, 0) is 12.8 Å². The molecule has 0 aromatic carbocycles. The molecular formula is C9H10N2O2S. The molecule has 0 amide bonds. The molecule has 0 radical (unpaired) electrons. The van der Waals surface area contributed by atoms with E-state index in [2.05, 4.69) is 9.97 Å². The first-order chi connectivity index (χ1) is 6.77. The first-order valence-electron chi connectivity index (χ1n) is 4.43. The Balaban J connectivity index is 1.96. The molecule has 1 N–H and O–H groups in total. The van der Waals surface area contributed by atoms with Gasteiger partial charge in [-0.2, -0.15) is 0 Å². The van der Waals surface area contributed by atoms with Crippen LogP contribution in [-0.2, 0) is 4.79 Å². The predicted molar refractivity (Wildman–Crippen MR) is 52.0 cm³/mol. The molecule has 1 saturated carbocycles. The minimum atomic E-state index is -0.697. The molecule has 1 aliphatic carbocycles. The second kappa shape index (κ2) is 3.96. The third-order valence-electron chi connectivity index (χ3n) is 2.34. The summed E-state index contributed by atoms with van der Waals surface area (Å²) in [7, 11) is 0. The summed E-state index contributed by atoms with van der Waals surface area (Å²) in [6, 6.07) is 0.